The molecule has 8 nitrogen and oxygen atoms in total. The Morgan fingerprint density at radius 3 is 2.78 bits per heavy atom. The van der Waals surface area contributed by atoms with E-state index in [4.69, 9.17) is 9.47 Å². The topological polar surface area (TPSA) is 97.3 Å². The molecule has 0 saturated carbocycles. The maximum atomic E-state index is 12.1. The highest BCUT2D eigenvalue weighted by molar-refractivity contribution is 9.10. The van der Waals surface area contributed by atoms with Crippen molar-refractivity contribution in [2.24, 2.45) is 5.10 Å². The first kappa shape index (κ1) is 19.2. The van der Waals surface area contributed by atoms with Crippen molar-refractivity contribution in [2.75, 3.05) is 23.9 Å². The number of anilines is 1. The molecule has 0 aliphatic carbocycles. The number of hydrazone groups is 1. The average Bonchev–Trinajstić information content (AvgIpc) is 3.06. The number of nitrogens with one attached hydrogen (secondary N) is 1. The first-order valence-corrected chi connectivity index (χ1v) is 10.4. The fourth-order valence-electron chi connectivity index (χ4n) is 2.37. The number of carbonyl (C=O) groups is 1. The van der Waals surface area contributed by atoms with E-state index in [0.717, 1.165) is 10.6 Å². The number of nitrogens with zero attached hydrogens (tertiary/aromatic N) is 2. The molecule has 1 heterocycles. The molecular weight excluding hydrogens is 438 g/mol. The molecule has 0 bridgehead atoms. The number of benzene rings is 2. The van der Waals surface area contributed by atoms with Crippen molar-refractivity contribution in [3.05, 3.63) is 52.5 Å². The number of fused-ring (bicyclic) bond motifs is 1. The lowest BCUT2D eigenvalue weighted by Gasteiger charge is -2.21. The number of hydrogen-bond donors (Lipinski definition) is 1. The van der Waals surface area contributed by atoms with Crippen LogP contribution in [0.5, 0.6) is 11.5 Å². The van der Waals surface area contributed by atoms with Gasteiger partial charge in [0.1, 0.15) is 6.54 Å². The summed E-state index contributed by atoms with van der Waals surface area (Å²) in [6.45, 7) is -0.225. The van der Waals surface area contributed by atoms with Crippen molar-refractivity contribution in [3.63, 3.8) is 0 Å². The van der Waals surface area contributed by atoms with Gasteiger partial charge in [-0.05, 0) is 42.0 Å². The maximum absolute atomic E-state index is 12.1. The van der Waals surface area contributed by atoms with Crippen LogP contribution in [0.4, 0.5) is 5.69 Å². The molecule has 1 aliphatic rings. The molecule has 0 radical (unpaired) electrons. The molecule has 0 atom stereocenters. The third kappa shape index (κ3) is 4.98. The van der Waals surface area contributed by atoms with Crippen molar-refractivity contribution < 1.29 is 22.7 Å². The number of amides is 1. The van der Waals surface area contributed by atoms with E-state index < -0.39 is 22.5 Å². The summed E-state index contributed by atoms with van der Waals surface area (Å²) in [7, 11) is -3.64. The Balaban J connectivity index is 1.66. The Labute approximate surface area is 164 Å². The minimum atomic E-state index is -3.64. The van der Waals surface area contributed by atoms with Crippen LogP contribution in [0.1, 0.15) is 5.56 Å². The van der Waals surface area contributed by atoms with Crippen LogP contribution in [-0.2, 0) is 14.8 Å². The van der Waals surface area contributed by atoms with Crippen LogP contribution < -0.4 is 19.2 Å². The van der Waals surface area contributed by atoms with Gasteiger partial charge in [0.2, 0.25) is 16.8 Å². The Morgan fingerprint density at radius 2 is 2.04 bits per heavy atom. The molecule has 27 heavy (non-hydrogen) atoms. The van der Waals surface area contributed by atoms with Gasteiger partial charge in [0.15, 0.2) is 11.5 Å². The molecule has 1 aliphatic heterocycles. The number of ether oxygens (including phenoxy) is 2. The van der Waals surface area contributed by atoms with Crippen LogP contribution in [0.25, 0.3) is 0 Å². The molecule has 0 fully saturated rings. The van der Waals surface area contributed by atoms with Crippen molar-refractivity contribution in [1.29, 1.82) is 0 Å². The molecule has 0 saturated heterocycles. The van der Waals surface area contributed by atoms with Gasteiger partial charge in [0.05, 0.1) is 18.2 Å². The first-order chi connectivity index (χ1) is 12.8. The van der Waals surface area contributed by atoms with Crippen molar-refractivity contribution in [3.8, 4) is 11.5 Å². The Morgan fingerprint density at radius 1 is 1.26 bits per heavy atom. The van der Waals surface area contributed by atoms with Gasteiger partial charge in [0.25, 0.3) is 5.91 Å². The normalized spacial score (nSPS) is 13.0. The van der Waals surface area contributed by atoms with Crippen molar-refractivity contribution in [2.45, 2.75) is 0 Å². The molecular formula is C17H16BrN3O5S. The van der Waals surface area contributed by atoms with Crippen LogP contribution in [0, 0.1) is 0 Å². The van der Waals surface area contributed by atoms with Crippen LogP contribution in [-0.4, -0.2) is 40.1 Å². The number of carbonyl (C=O) groups excluding carboxylic acids is 1. The Bertz CT molecular complexity index is 994. The summed E-state index contributed by atoms with van der Waals surface area (Å²) in [6.07, 6.45) is 2.47. The van der Waals surface area contributed by atoms with E-state index in [1.807, 2.05) is 0 Å². The molecule has 2 aromatic rings. The van der Waals surface area contributed by atoms with E-state index in [9.17, 15) is 13.2 Å². The average molecular weight is 454 g/mol. The zero-order valence-corrected chi connectivity index (χ0v) is 16.7. The second-order valence-electron chi connectivity index (χ2n) is 5.66. The molecule has 1 N–H and O–H groups in total. The van der Waals surface area contributed by atoms with E-state index in [2.05, 4.69) is 26.5 Å². The summed E-state index contributed by atoms with van der Waals surface area (Å²) in [4.78, 5) is 12.1. The second kappa shape index (κ2) is 7.97. The highest BCUT2D eigenvalue weighted by Crippen LogP contribution is 2.31. The molecule has 1 amide bonds. The lowest BCUT2D eigenvalue weighted by atomic mass is 10.2. The highest BCUT2D eigenvalue weighted by Gasteiger charge is 2.21. The number of hydrogen-bond acceptors (Lipinski definition) is 6. The maximum Gasteiger partial charge on any atom is 0.260 e. The van der Waals surface area contributed by atoms with Gasteiger partial charge in [-0.2, -0.15) is 5.10 Å². The van der Waals surface area contributed by atoms with E-state index in [0.29, 0.717) is 27.2 Å². The zero-order chi connectivity index (χ0) is 19.4. The van der Waals surface area contributed by atoms with Crippen molar-refractivity contribution >= 4 is 43.8 Å². The number of halogens is 1. The number of rotatable bonds is 6. The van der Waals surface area contributed by atoms with E-state index in [-0.39, 0.29) is 6.79 Å². The SMILES string of the molecule is CS(=O)(=O)N(CC(=O)N/N=C\c1ccc2c(c1)OCO2)c1cccc(Br)c1. The van der Waals surface area contributed by atoms with Gasteiger partial charge in [-0.25, -0.2) is 13.8 Å². The molecule has 10 heteroatoms. The fourth-order valence-corrected chi connectivity index (χ4v) is 3.60. The monoisotopic (exact) mass is 453 g/mol. The molecule has 0 unspecified atom stereocenters. The van der Waals surface area contributed by atoms with Crippen LogP contribution in [0.2, 0.25) is 0 Å². The van der Waals surface area contributed by atoms with Crippen molar-refractivity contribution in [1.82, 2.24) is 5.43 Å². The van der Waals surface area contributed by atoms with E-state index >= 15 is 0 Å². The van der Waals surface area contributed by atoms with Crippen LogP contribution in [0.3, 0.4) is 0 Å². The third-order valence-corrected chi connectivity index (χ3v) is 5.22. The lowest BCUT2D eigenvalue weighted by molar-refractivity contribution is -0.119. The molecule has 142 valence electrons. The van der Waals surface area contributed by atoms with E-state index in [1.165, 1.54) is 6.21 Å². The summed E-state index contributed by atoms with van der Waals surface area (Å²) in [5.74, 6) is 0.676. The Kier molecular flexibility index (Phi) is 5.66. The lowest BCUT2D eigenvalue weighted by Crippen LogP contribution is -2.39. The third-order valence-electron chi connectivity index (χ3n) is 3.58. The molecule has 0 spiro atoms. The quantitative estimate of drug-likeness (QED) is 0.533. The van der Waals surface area contributed by atoms with Gasteiger partial charge >= 0.3 is 0 Å². The van der Waals surface area contributed by atoms with Gasteiger partial charge in [-0.3, -0.25) is 9.10 Å². The summed E-state index contributed by atoms with van der Waals surface area (Å²) in [6, 6.07) is 11.9. The highest BCUT2D eigenvalue weighted by atomic mass is 79.9. The minimum Gasteiger partial charge on any atom is -0.454 e. The fraction of sp³-hybridized carbons (Fsp3) is 0.176. The first-order valence-electron chi connectivity index (χ1n) is 7.78. The molecule has 2 aromatic carbocycles. The zero-order valence-electron chi connectivity index (χ0n) is 14.3. The molecule has 3 rings (SSSR count). The van der Waals surface area contributed by atoms with Crippen LogP contribution in [0.15, 0.2) is 52.0 Å². The summed E-state index contributed by atoms with van der Waals surface area (Å²) in [5, 5.41) is 3.86. The predicted molar refractivity (Wildman–Crippen MR) is 105 cm³/mol. The predicted octanol–water partition coefficient (Wildman–Crippen LogP) is 2.09. The number of sulfonamides is 1. The largest absolute Gasteiger partial charge is 0.454 e. The molecule has 0 aromatic heterocycles. The van der Waals surface area contributed by atoms with Gasteiger partial charge < -0.3 is 9.47 Å². The second-order valence-corrected chi connectivity index (χ2v) is 8.48. The summed E-state index contributed by atoms with van der Waals surface area (Å²) in [5.41, 5.74) is 3.40. The van der Waals surface area contributed by atoms with Gasteiger partial charge in [-0.1, -0.05) is 22.0 Å². The van der Waals surface area contributed by atoms with Gasteiger partial charge in [0, 0.05) is 4.47 Å². The minimum absolute atomic E-state index is 0.170. The Hall–Kier alpha value is -2.59. The summed E-state index contributed by atoms with van der Waals surface area (Å²) >= 11 is 3.29. The smallest absolute Gasteiger partial charge is 0.260 e. The van der Waals surface area contributed by atoms with Gasteiger partial charge in [-0.15, -0.1) is 0 Å². The van der Waals surface area contributed by atoms with Crippen LogP contribution >= 0.6 is 15.9 Å². The van der Waals surface area contributed by atoms with E-state index in [1.54, 1.807) is 42.5 Å². The summed E-state index contributed by atoms with van der Waals surface area (Å²) < 4.78 is 36.3. The standard InChI is InChI=1S/C17H16BrN3O5S/c1-27(23,24)21(14-4-2-3-13(18)8-14)10-17(22)20-19-9-12-5-6-15-16(7-12)26-11-25-15/h2-9H,10-11H2,1H3,(H,20,22)/b19-9-.